The lowest BCUT2D eigenvalue weighted by Gasteiger charge is -1.95. The molecule has 2 rings (SSSR count). The van der Waals surface area contributed by atoms with Crippen molar-refractivity contribution in [3.63, 3.8) is 0 Å². The summed E-state index contributed by atoms with van der Waals surface area (Å²) >= 11 is 3.03. The molecule has 0 fully saturated rings. The highest BCUT2D eigenvalue weighted by molar-refractivity contribution is 7.17. The van der Waals surface area contributed by atoms with Crippen molar-refractivity contribution in [2.45, 2.75) is 20.8 Å². The zero-order chi connectivity index (χ0) is 10.3. The maximum absolute atomic E-state index is 5.94. The predicted molar refractivity (Wildman–Crippen MR) is 61.8 cm³/mol. The molecule has 2 aromatic rings. The fraction of sp³-hybridized carbons (Fsp3) is 0.333. The minimum absolute atomic E-state index is 0.813. The Balaban J connectivity index is 2.61. The molecule has 2 aromatic heterocycles. The average molecular weight is 225 g/mol. The summed E-state index contributed by atoms with van der Waals surface area (Å²) in [5, 5.41) is 1.78. The summed E-state index contributed by atoms with van der Waals surface area (Å²) in [5.41, 5.74) is 8.23. The van der Waals surface area contributed by atoms with Gasteiger partial charge in [0.2, 0.25) is 0 Å². The van der Waals surface area contributed by atoms with Gasteiger partial charge in [-0.1, -0.05) is 0 Å². The first kappa shape index (κ1) is 9.61. The molecule has 5 heteroatoms. The van der Waals surface area contributed by atoms with Crippen LogP contribution in [0, 0.1) is 20.8 Å². The van der Waals surface area contributed by atoms with Crippen molar-refractivity contribution in [3.05, 3.63) is 16.3 Å². The van der Waals surface area contributed by atoms with Crippen molar-refractivity contribution in [2.24, 2.45) is 0 Å². The van der Waals surface area contributed by atoms with Gasteiger partial charge in [-0.15, -0.1) is 11.3 Å². The van der Waals surface area contributed by atoms with Crippen LogP contribution in [0.5, 0.6) is 0 Å². The van der Waals surface area contributed by atoms with Gasteiger partial charge in [-0.3, -0.25) is 0 Å². The second kappa shape index (κ2) is 3.33. The molecule has 0 aliphatic heterocycles. The lowest BCUT2D eigenvalue weighted by Crippen LogP contribution is -1.85. The van der Waals surface area contributed by atoms with E-state index in [0.717, 1.165) is 21.4 Å². The molecule has 0 bridgehead atoms. The van der Waals surface area contributed by atoms with Crippen LogP contribution in [0.1, 0.15) is 16.3 Å². The monoisotopic (exact) mass is 225 g/mol. The van der Waals surface area contributed by atoms with Crippen LogP contribution in [0.15, 0.2) is 0 Å². The minimum Gasteiger partial charge on any atom is -0.390 e. The zero-order valence-corrected chi connectivity index (χ0v) is 9.92. The lowest BCUT2D eigenvalue weighted by atomic mass is 10.2. The van der Waals surface area contributed by atoms with Gasteiger partial charge in [0.15, 0.2) is 0 Å². The van der Waals surface area contributed by atoms with E-state index < -0.39 is 0 Å². The molecule has 2 N–H and O–H groups in total. The number of thiophene rings is 1. The Hall–Kier alpha value is -0.940. The summed E-state index contributed by atoms with van der Waals surface area (Å²) in [5.74, 6) is 0.813. The topological polar surface area (TPSA) is 51.8 Å². The van der Waals surface area contributed by atoms with Crippen LogP contribution in [0.3, 0.4) is 0 Å². The fourth-order valence-corrected chi connectivity index (χ4v) is 3.11. The molecule has 3 nitrogen and oxygen atoms in total. The largest absolute Gasteiger partial charge is 0.390 e. The molecule has 0 saturated heterocycles. The van der Waals surface area contributed by atoms with Crippen LogP contribution in [-0.4, -0.2) is 9.36 Å². The van der Waals surface area contributed by atoms with Crippen molar-refractivity contribution >= 4 is 27.9 Å². The SMILES string of the molecule is Cc1nsc(-c2c(N)sc(C)c2C)n1. The Bertz CT molecular complexity index is 470. The summed E-state index contributed by atoms with van der Waals surface area (Å²) in [4.78, 5) is 5.60. The van der Waals surface area contributed by atoms with Crippen molar-refractivity contribution in [2.75, 3.05) is 5.73 Å². The number of anilines is 1. The van der Waals surface area contributed by atoms with Crippen LogP contribution in [-0.2, 0) is 0 Å². The molecule has 0 unspecified atom stereocenters. The van der Waals surface area contributed by atoms with Crippen LogP contribution in [0.25, 0.3) is 10.6 Å². The molecule has 74 valence electrons. The van der Waals surface area contributed by atoms with Gasteiger partial charge < -0.3 is 5.73 Å². The molecule has 0 aromatic carbocycles. The first-order valence-electron chi connectivity index (χ1n) is 4.25. The van der Waals surface area contributed by atoms with E-state index in [1.807, 2.05) is 6.92 Å². The maximum atomic E-state index is 5.94. The standard InChI is InChI=1S/C9H11N3S2/c1-4-5(2)13-8(10)7(4)9-11-6(3)12-14-9/h10H2,1-3H3. The third kappa shape index (κ3) is 1.42. The van der Waals surface area contributed by atoms with Crippen molar-refractivity contribution in [1.29, 1.82) is 0 Å². The second-order valence-electron chi connectivity index (χ2n) is 3.17. The van der Waals surface area contributed by atoms with Gasteiger partial charge in [0, 0.05) is 10.4 Å². The second-order valence-corrected chi connectivity index (χ2v) is 5.18. The quantitative estimate of drug-likeness (QED) is 0.812. The molecular formula is C9H11N3S2. The van der Waals surface area contributed by atoms with Gasteiger partial charge in [0.05, 0.1) is 5.00 Å². The number of aryl methyl sites for hydroxylation is 2. The normalized spacial score (nSPS) is 10.8. The lowest BCUT2D eigenvalue weighted by molar-refractivity contribution is 1.17. The highest BCUT2D eigenvalue weighted by Crippen LogP contribution is 2.38. The predicted octanol–water partition coefficient (Wildman–Crippen LogP) is 2.77. The summed E-state index contributed by atoms with van der Waals surface area (Å²) in [6, 6.07) is 0. The van der Waals surface area contributed by atoms with E-state index in [4.69, 9.17) is 5.73 Å². The summed E-state index contributed by atoms with van der Waals surface area (Å²) in [7, 11) is 0. The van der Waals surface area contributed by atoms with Crippen molar-refractivity contribution < 1.29 is 0 Å². The first-order chi connectivity index (χ1) is 6.59. The molecule has 0 aliphatic carbocycles. The number of nitrogens with two attached hydrogens (primary N) is 1. The van der Waals surface area contributed by atoms with Gasteiger partial charge in [-0.05, 0) is 37.9 Å². The van der Waals surface area contributed by atoms with Crippen LogP contribution in [0.4, 0.5) is 5.00 Å². The number of nitrogen functional groups attached to an aromatic ring is 1. The molecule has 0 atom stereocenters. The molecular weight excluding hydrogens is 214 g/mol. The summed E-state index contributed by atoms with van der Waals surface area (Å²) in [6.07, 6.45) is 0. The van der Waals surface area contributed by atoms with Crippen LogP contribution in [0.2, 0.25) is 0 Å². The minimum atomic E-state index is 0.813. The van der Waals surface area contributed by atoms with E-state index in [0.29, 0.717) is 0 Å². The van der Waals surface area contributed by atoms with E-state index in [2.05, 4.69) is 23.2 Å². The number of aromatic nitrogens is 2. The van der Waals surface area contributed by atoms with E-state index in [1.54, 1.807) is 11.3 Å². The molecule has 0 spiro atoms. The third-order valence-electron chi connectivity index (χ3n) is 2.15. The van der Waals surface area contributed by atoms with Crippen molar-refractivity contribution in [3.8, 4) is 10.6 Å². The zero-order valence-electron chi connectivity index (χ0n) is 8.29. The summed E-state index contributed by atoms with van der Waals surface area (Å²) in [6.45, 7) is 6.05. The van der Waals surface area contributed by atoms with Gasteiger partial charge in [-0.25, -0.2) is 4.98 Å². The third-order valence-corrected chi connectivity index (χ3v) is 4.01. The number of hydrogen-bond donors (Lipinski definition) is 1. The highest BCUT2D eigenvalue weighted by atomic mass is 32.1. The Morgan fingerprint density at radius 1 is 1.21 bits per heavy atom. The van der Waals surface area contributed by atoms with E-state index >= 15 is 0 Å². The van der Waals surface area contributed by atoms with Crippen LogP contribution < -0.4 is 5.73 Å². The van der Waals surface area contributed by atoms with Crippen molar-refractivity contribution in [1.82, 2.24) is 9.36 Å². The summed E-state index contributed by atoms with van der Waals surface area (Å²) < 4.78 is 4.16. The Kier molecular flexibility index (Phi) is 2.28. The highest BCUT2D eigenvalue weighted by Gasteiger charge is 2.15. The molecule has 0 amide bonds. The van der Waals surface area contributed by atoms with E-state index in [1.165, 1.54) is 22.0 Å². The smallest absolute Gasteiger partial charge is 0.147 e. The number of rotatable bonds is 1. The molecule has 0 aliphatic rings. The Labute approximate surface area is 90.8 Å². The average Bonchev–Trinajstić information content (AvgIpc) is 2.60. The van der Waals surface area contributed by atoms with Gasteiger partial charge in [-0.2, -0.15) is 4.37 Å². The molecule has 0 saturated carbocycles. The first-order valence-corrected chi connectivity index (χ1v) is 5.84. The van der Waals surface area contributed by atoms with E-state index in [9.17, 15) is 0 Å². The molecule has 14 heavy (non-hydrogen) atoms. The Morgan fingerprint density at radius 3 is 2.36 bits per heavy atom. The molecule has 0 radical (unpaired) electrons. The van der Waals surface area contributed by atoms with Gasteiger partial charge in [0.1, 0.15) is 10.8 Å². The van der Waals surface area contributed by atoms with E-state index in [-0.39, 0.29) is 0 Å². The molecule has 2 heterocycles. The van der Waals surface area contributed by atoms with Crippen LogP contribution >= 0.6 is 22.9 Å². The Morgan fingerprint density at radius 2 is 1.93 bits per heavy atom. The van der Waals surface area contributed by atoms with Gasteiger partial charge in [0.25, 0.3) is 0 Å². The fourth-order valence-electron chi connectivity index (χ4n) is 1.32. The van der Waals surface area contributed by atoms with Gasteiger partial charge >= 0.3 is 0 Å². The number of nitrogens with zero attached hydrogens (tertiary/aromatic N) is 2. The number of hydrogen-bond acceptors (Lipinski definition) is 5. The maximum Gasteiger partial charge on any atom is 0.147 e.